The third-order valence-electron chi connectivity index (χ3n) is 2.70. The van der Waals surface area contributed by atoms with Crippen molar-refractivity contribution in [3.05, 3.63) is 23.8 Å². The minimum atomic E-state index is 0.196. The number of nitrogens with two attached hydrogens (primary N) is 1. The first kappa shape index (κ1) is 9.34. The number of hydrogen-bond donors (Lipinski definition) is 2. The van der Waals surface area contributed by atoms with E-state index in [1.807, 2.05) is 6.07 Å². The van der Waals surface area contributed by atoms with Crippen LogP contribution >= 0.6 is 0 Å². The zero-order valence-corrected chi connectivity index (χ0v) is 8.24. The molecule has 1 aliphatic rings. The Kier molecular flexibility index (Phi) is 2.59. The molecule has 1 heterocycles. The average Bonchev–Trinajstić information content (AvgIpc) is 2.64. The van der Waals surface area contributed by atoms with E-state index in [1.54, 1.807) is 12.1 Å². The van der Waals surface area contributed by atoms with Gasteiger partial charge in [-0.3, -0.25) is 4.90 Å². The number of phenolic OH excluding ortho intramolecular Hbond substituents is 1. The van der Waals surface area contributed by atoms with Crippen molar-refractivity contribution in [1.29, 1.82) is 0 Å². The molecule has 1 fully saturated rings. The van der Waals surface area contributed by atoms with Gasteiger partial charge in [0, 0.05) is 6.54 Å². The molecule has 0 spiro atoms. The molecule has 76 valence electrons. The Morgan fingerprint density at radius 1 is 1.29 bits per heavy atom. The Morgan fingerprint density at radius 3 is 2.64 bits per heavy atom. The largest absolute Gasteiger partial charge is 0.506 e. The Morgan fingerprint density at radius 2 is 2.00 bits per heavy atom. The molecule has 0 unspecified atom stereocenters. The van der Waals surface area contributed by atoms with Crippen LogP contribution in [0.1, 0.15) is 18.4 Å². The highest BCUT2D eigenvalue weighted by Crippen LogP contribution is 2.22. The van der Waals surface area contributed by atoms with E-state index in [0.29, 0.717) is 5.69 Å². The first-order valence-electron chi connectivity index (χ1n) is 5.05. The van der Waals surface area contributed by atoms with Gasteiger partial charge in [0.2, 0.25) is 0 Å². The van der Waals surface area contributed by atoms with Gasteiger partial charge in [-0.25, -0.2) is 0 Å². The van der Waals surface area contributed by atoms with Gasteiger partial charge in [-0.05, 0) is 43.6 Å². The highest BCUT2D eigenvalue weighted by Gasteiger charge is 2.11. The number of nitrogen functional groups attached to an aromatic ring is 1. The topological polar surface area (TPSA) is 49.5 Å². The van der Waals surface area contributed by atoms with Crippen LogP contribution in [0.4, 0.5) is 5.69 Å². The summed E-state index contributed by atoms with van der Waals surface area (Å²) in [7, 11) is 0. The van der Waals surface area contributed by atoms with E-state index in [2.05, 4.69) is 4.90 Å². The molecule has 14 heavy (non-hydrogen) atoms. The summed E-state index contributed by atoms with van der Waals surface area (Å²) in [5, 5.41) is 9.43. The van der Waals surface area contributed by atoms with Gasteiger partial charge in [0.05, 0.1) is 5.69 Å². The fourth-order valence-electron chi connectivity index (χ4n) is 1.89. The van der Waals surface area contributed by atoms with Gasteiger partial charge in [0.25, 0.3) is 0 Å². The number of phenols is 1. The summed E-state index contributed by atoms with van der Waals surface area (Å²) >= 11 is 0. The van der Waals surface area contributed by atoms with E-state index in [1.165, 1.54) is 25.9 Å². The predicted molar refractivity (Wildman–Crippen MR) is 57.0 cm³/mol. The first-order chi connectivity index (χ1) is 6.75. The number of benzene rings is 1. The van der Waals surface area contributed by atoms with Gasteiger partial charge < -0.3 is 10.8 Å². The monoisotopic (exact) mass is 192 g/mol. The van der Waals surface area contributed by atoms with E-state index in [-0.39, 0.29) is 5.75 Å². The van der Waals surface area contributed by atoms with E-state index >= 15 is 0 Å². The van der Waals surface area contributed by atoms with Crippen LogP contribution in [-0.4, -0.2) is 23.1 Å². The predicted octanol–water partition coefficient (Wildman–Crippen LogP) is 1.57. The Labute approximate surface area is 84.1 Å². The summed E-state index contributed by atoms with van der Waals surface area (Å²) in [6.07, 6.45) is 2.59. The van der Waals surface area contributed by atoms with Crippen LogP contribution in [0.2, 0.25) is 0 Å². The normalized spacial score (nSPS) is 17.4. The van der Waals surface area contributed by atoms with Crippen LogP contribution in [0.25, 0.3) is 0 Å². The summed E-state index contributed by atoms with van der Waals surface area (Å²) < 4.78 is 0. The third-order valence-corrected chi connectivity index (χ3v) is 2.70. The number of likely N-dealkylation sites (tertiary alicyclic amines) is 1. The zero-order chi connectivity index (χ0) is 9.97. The quantitative estimate of drug-likeness (QED) is 0.552. The summed E-state index contributed by atoms with van der Waals surface area (Å²) in [5.41, 5.74) is 7.12. The van der Waals surface area contributed by atoms with E-state index in [0.717, 1.165) is 12.1 Å². The molecule has 0 amide bonds. The molecule has 3 nitrogen and oxygen atoms in total. The maximum Gasteiger partial charge on any atom is 0.138 e. The molecule has 1 saturated heterocycles. The van der Waals surface area contributed by atoms with Gasteiger partial charge in [0.1, 0.15) is 5.75 Å². The fourth-order valence-corrected chi connectivity index (χ4v) is 1.89. The Bertz CT molecular complexity index is 319. The number of aromatic hydroxyl groups is 1. The minimum Gasteiger partial charge on any atom is -0.506 e. The number of nitrogens with zero attached hydrogens (tertiary/aromatic N) is 1. The van der Waals surface area contributed by atoms with Crippen molar-refractivity contribution in [2.45, 2.75) is 19.4 Å². The molecule has 1 aromatic carbocycles. The Balaban J connectivity index is 2.05. The second-order valence-corrected chi connectivity index (χ2v) is 3.88. The number of hydrogen-bond acceptors (Lipinski definition) is 3. The maximum absolute atomic E-state index is 9.43. The molecule has 1 aromatic rings. The highest BCUT2D eigenvalue weighted by molar-refractivity contribution is 5.52. The lowest BCUT2D eigenvalue weighted by Crippen LogP contribution is -2.18. The van der Waals surface area contributed by atoms with Crippen LogP contribution in [0.3, 0.4) is 0 Å². The minimum absolute atomic E-state index is 0.196. The summed E-state index contributed by atoms with van der Waals surface area (Å²) in [4.78, 5) is 2.39. The molecule has 0 aliphatic carbocycles. The number of rotatable bonds is 2. The molecule has 3 N–H and O–H groups in total. The van der Waals surface area contributed by atoms with Gasteiger partial charge in [-0.15, -0.1) is 0 Å². The van der Waals surface area contributed by atoms with Crippen LogP contribution in [0.5, 0.6) is 5.75 Å². The van der Waals surface area contributed by atoms with Crippen LogP contribution in [0.15, 0.2) is 18.2 Å². The van der Waals surface area contributed by atoms with E-state index in [4.69, 9.17) is 5.73 Å². The van der Waals surface area contributed by atoms with Crippen molar-refractivity contribution in [3.63, 3.8) is 0 Å². The van der Waals surface area contributed by atoms with Gasteiger partial charge >= 0.3 is 0 Å². The first-order valence-corrected chi connectivity index (χ1v) is 5.05. The molecular formula is C11H16N2O. The average molecular weight is 192 g/mol. The molecule has 2 rings (SSSR count). The van der Waals surface area contributed by atoms with Crippen LogP contribution in [-0.2, 0) is 6.54 Å². The molecule has 1 aliphatic heterocycles. The van der Waals surface area contributed by atoms with Crippen LogP contribution < -0.4 is 5.73 Å². The molecule has 3 heteroatoms. The molecule has 0 atom stereocenters. The van der Waals surface area contributed by atoms with Gasteiger partial charge in [0.15, 0.2) is 0 Å². The SMILES string of the molecule is Nc1ccc(CN2CCCC2)cc1O. The molecule has 0 saturated carbocycles. The van der Waals surface area contributed by atoms with Crippen molar-refractivity contribution in [3.8, 4) is 5.75 Å². The standard InChI is InChI=1S/C11H16N2O/c12-10-4-3-9(7-11(10)14)8-13-5-1-2-6-13/h3-4,7,14H,1-2,5-6,8,12H2. The molecular weight excluding hydrogens is 176 g/mol. The van der Waals surface area contributed by atoms with E-state index in [9.17, 15) is 5.11 Å². The summed E-state index contributed by atoms with van der Waals surface area (Å²) in [5.74, 6) is 0.196. The van der Waals surface area contributed by atoms with E-state index < -0.39 is 0 Å². The third kappa shape index (κ3) is 1.99. The van der Waals surface area contributed by atoms with Gasteiger partial charge in [-0.1, -0.05) is 6.07 Å². The second-order valence-electron chi connectivity index (χ2n) is 3.88. The van der Waals surface area contributed by atoms with Crippen molar-refractivity contribution in [2.24, 2.45) is 0 Å². The van der Waals surface area contributed by atoms with Crippen molar-refractivity contribution in [1.82, 2.24) is 4.90 Å². The lowest BCUT2D eigenvalue weighted by molar-refractivity contribution is 0.331. The summed E-state index contributed by atoms with van der Waals surface area (Å²) in [6, 6.07) is 5.50. The van der Waals surface area contributed by atoms with Gasteiger partial charge in [-0.2, -0.15) is 0 Å². The zero-order valence-electron chi connectivity index (χ0n) is 8.24. The lowest BCUT2D eigenvalue weighted by atomic mass is 10.2. The molecule has 0 bridgehead atoms. The van der Waals surface area contributed by atoms with Crippen molar-refractivity contribution in [2.75, 3.05) is 18.8 Å². The highest BCUT2D eigenvalue weighted by atomic mass is 16.3. The maximum atomic E-state index is 9.43. The van der Waals surface area contributed by atoms with Crippen molar-refractivity contribution < 1.29 is 5.11 Å². The number of anilines is 1. The lowest BCUT2D eigenvalue weighted by Gasteiger charge is -2.14. The fraction of sp³-hybridized carbons (Fsp3) is 0.455. The summed E-state index contributed by atoms with van der Waals surface area (Å²) in [6.45, 7) is 3.27. The smallest absolute Gasteiger partial charge is 0.138 e. The van der Waals surface area contributed by atoms with Crippen molar-refractivity contribution >= 4 is 5.69 Å². The Hall–Kier alpha value is -1.22. The second kappa shape index (κ2) is 3.88. The van der Waals surface area contributed by atoms with Crippen LogP contribution in [0, 0.1) is 0 Å². The molecule has 0 aromatic heterocycles. The molecule has 0 radical (unpaired) electrons.